The number of nitrogens with two attached hydrogens (primary N) is 2. The molecule has 1 saturated heterocycles. The molecule has 250 valence electrons. The molecule has 10 heteroatoms. The van der Waals surface area contributed by atoms with E-state index < -0.39 is 23.6 Å². The summed E-state index contributed by atoms with van der Waals surface area (Å²) >= 11 is 0. The molecule has 1 aliphatic carbocycles. The zero-order valence-electron chi connectivity index (χ0n) is 26.9. The van der Waals surface area contributed by atoms with Gasteiger partial charge in [-0.2, -0.15) is 13.2 Å². The van der Waals surface area contributed by atoms with Crippen LogP contribution < -0.4 is 11.5 Å². The van der Waals surface area contributed by atoms with Crippen LogP contribution in [0.15, 0.2) is 84.0 Å². The van der Waals surface area contributed by atoms with E-state index in [1.54, 1.807) is 0 Å². The first kappa shape index (κ1) is 34.0. The number of aliphatic imine (C=N–C) groups is 1. The highest BCUT2D eigenvalue weighted by atomic mass is 19.4. The maximum atomic E-state index is 14.4. The molecule has 3 aromatic rings. The average Bonchev–Trinajstić information content (AvgIpc) is 3.06. The van der Waals surface area contributed by atoms with Crippen LogP contribution in [0.3, 0.4) is 0 Å². The molecule has 5 rings (SSSR count). The van der Waals surface area contributed by atoms with Gasteiger partial charge >= 0.3 is 6.18 Å². The Balaban J connectivity index is 1.34. The Morgan fingerprint density at radius 2 is 1.60 bits per heavy atom. The largest absolute Gasteiger partial charge is 0.416 e. The van der Waals surface area contributed by atoms with Crippen molar-refractivity contribution in [2.45, 2.75) is 70.1 Å². The predicted octanol–water partition coefficient (Wildman–Crippen LogP) is 6.56. The molecule has 1 aliphatic heterocycles. The van der Waals surface area contributed by atoms with Gasteiger partial charge in [0.05, 0.1) is 5.56 Å². The Hall–Kier alpha value is -4.34. The third-order valence-corrected chi connectivity index (χ3v) is 9.66. The summed E-state index contributed by atoms with van der Waals surface area (Å²) in [6, 6.07) is 18.9. The number of piperazine rings is 1. The third-order valence-electron chi connectivity index (χ3n) is 9.66. The number of guanidine groups is 1. The van der Waals surface area contributed by atoms with E-state index >= 15 is 0 Å². The summed E-state index contributed by atoms with van der Waals surface area (Å²) in [6.07, 6.45) is 0.242. The zero-order valence-corrected chi connectivity index (χ0v) is 26.9. The SMILES string of the molecule is C=C(Cc1ccc2ccccc2c1)N1C[C@H](CCCN=C(N)N)N(C(=O)[C@H]2CCCC[C@@H]2C(=O)c2ccc(C(F)(F)F)cc2)C[C@H]1C. The van der Waals surface area contributed by atoms with Gasteiger partial charge in [0, 0.05) is 61.2 Å². The van der Waals surface area contributed by atoms with E-state index in [0.29, 0.717) is 51.7 Å². The van der Waals surface area contributed by atoms with E-state index in [1.165, 1.54) is 22.9 Å². The number of carbonyl (C=O) groups excluding carboxylic acids is 2. The maximum absolute atomic E-state index is 14.4. The molecule has 47 heavy (non-hydrogen) atoms. The first-order valence-electron chi connectivity index (χ1n) is 16.4. The lowest BCUT2D eigenvalue weighted by atomic mass is 9.74. The molecule has 1 heterocycles. The van der Waals surface area contributed by atoms with Gasteiger partial charge in [-0.3, -0.25) is 14.6 Å². The molecule has 4 atom stereocenters. The van der Waals surface area contributed by atoms with Gasteiger partial charge in [-0.25, -0.2) is 0 Å². The number of halogens is 3. The van der Waals surface area contributed by atoms with Gasteiger partial charge in [-0.1, -0.05) is 74.0 Å². The van der Waals surface area contributed by atoms with Crippen LogP contribution in [-0.2, 0) is 17.4 Å². The fourth-order valence-electron chi connectivity index (χ4n) is 7.21. The molecule has 3 aromatic carbocycles. The summed E-state index contributed by atoms with van der Waals surface area (Å²) < 4.78 is 39.4. The molecule has 1 saturated carbocycles. The number of hydrogen-bond acceptors (Lipinski definition) is 4. The minimum Gasteiger partial charge on any atom is -0.370 e. The highest BCUT2D eigenvalue weighted by Gasteiger charge is 2.42. The van der Waals surface area contributed by atoms with E-state index in [1.807, 2.05) is 17.0 Å². The molecule has 0 aromatic heterocycles. The van der Waals surface area contributed by atoms with Gasteiger partial charge < -0.3 is 21.3 Å². The summed E-state index contributed by atoms with van der Waals surface area (Å²) in [7, 11) is 0. The smallest absolute Gasteiger partial charge is 0.370 e. The molecule has 4 N–H and O–H groups in total. The summed E-state index contributed by atoms with van der Waals surface area (Å²) in [5, 5.41) is 2.35. The van der Waals surface area contributed by atoms with Gasteiger partial charge in [0.2, 0.25) is 5.91 Å². The van der Waals surface area contributed by atoms with Crippen molar-refractivity contribution >= 4 is 28.4 Å². The molecule has 0 spiro atoms. The van der Waals surface area contributed by atoms with Crippen molar-refractivity contribution < 1.29 is 22.8 Å². The molecule has 7 nitrogen and oxygen atoms in total. The summed E-state index contributed by atoms with van der Waals surface area (Å²) in [5.41, 5.74) is 12.6. The number of amides is 1. The van der Waals surface area contributed by atoms with Crippen molar-refractivity contribution in [3.05, 3.63) is 95.7 Å². The van der Waals surface area contributed by atoms with Gasteiger partial charge in [0.15, 0.2) is 11.7 Å². The number of carbonyl (C=O) groups is 2. The molecular weight excluding hydrogens is 603 g/mol. The van der Waals surface area contributed by atoms with E-state index in [9.17, 15) is 22.8 Å². The van der Waals surface area contributed by atoms with Gasteiger partial charge in [-0.15, -0.1) is 0 Å². The van der Waals surface area contributed by atoms with Crippen LogP contribution in [0.5, 0.6) is 0 Å². The summed E-state index contributed by atoms with van der Waals surface area (Å²) in [6.45, 7) is 8.05. The van der Waals surface area contributed by atoms with Crippen molar-refractivity contribution in [2.24, 2.45) is 28.3 Å². The number of Topliss-reactive ketones (excluding diaryl/α,β-unsaturated/α-hetero) is 1. The van der Waals surface area contributed by atoms with E-state index in [4.69, 9.17) is 11.5 Å². The molecular formula is C37H44F3N5O2. The summed E-state index contributed by atoms with van der Waals surface area (Å²) in [5.74, 6) is -1.41. The second-order valence-corrected chi connectivity index (χ2v) is 13.0. The minimum absolute atomic E-state index is 0.00600. The first-order valence-corrected chi connectivity index (χ1v) is 16.4. The fraction of sp³-hybridized carbons (Fsp3) is 0.432. The topological polar surface area (TPSA) is 105 Å². The number of alkyl halides is 3. The minimum atomic E-state index is -4.49. The number of rotatable bonds is 10. The first-order chi connectivity index (χ1) is 22.4. The average molecular weight is 648 g/mol. The van der Waals surface area contributed by atoms with Gasteiger partial charge in [0.25, 0.3) is 0 Å². The second kappa shape index (κ2) is 14.6. The highest BCUT2D eigenvalue weighted by molar-refractivity contribution is 6.00. The number of ketones is 1. The van der Waals surface area contributed by atoms with Crippen LogP contribution in [0, 0.1) is 11.8 Å². The molecule has 2 fully saturated rings. The van der Waals surface area contributed by atoms with Crippen LogP contribution >= 0.6 is 0 Å². The van der Waals surface area contributed by atoms with Crippen LogP contribution in [0.25, 0.3) is 10.8 Å². The predicted molar refractivity (Wildman–Crippen MR) is 180 cm³/mol. The molecule has 0 bridgehead atoms. The normalized spacial score (nSPS) is 21.8. The van der Waals surface area contributed by atoms with Crippen molar-refractivity contribution in [3.63, 3.8) is 0 Å². The standard InChI is InChI=1S/C37H44F3N5O2/c1-24(20-26-13-14-27-8-3-4-9-29(27)21-26)44-23-31(10-7-19-43-36(41)42)45(22-25(44)2)35(47)33-12-6-5-11-32(33)34(46)28-15-17-30(18-16-28)37(38,39)40/h3-4,8-9,13-18,21,25,31-33H,1,5-7,10-12,19-20,22-23H2,2H3,(H4,41,42,43)/t25-,31+,32+,33+/m1/s1. The van der Waals surface area contributed by atoms with E-state index in [2.05, 4.69) is 53.7 Å². The Kier molecular flexibility index (Phi) is 10.6. The molecule has 2 aliphatic rings. The van der Waals surface area contributed by atoms with Crippen LogP contribution in [0.1, 0.15) is 66.9 Å². The maximum Gasteiger partial charge on any atom is 0.416 e. The van der Waals surface area contributed by atoms with Crippen molar-refractivity contribution in [1.29, 1.82) is 0 Å². The molecule has 0 radical (unpaired) electrons. The lowest BCUT2D eigenvalue weighted by molar-refractivity contribution is -0.144. The van der Waals surface area contributed by atoms with Crippen LogP contribution in [0.4, 0.5) is 13.2 Å². The number of allylic oxidation sites excluding steroid dienone is 1. The highest BCUT2D eigenvalue weighted by Crippen LogP contribution is 2.37. The Morgan fingerprint density at radius 1 is 0.915 bits per heavy atom. The number of hydrogen-bond donors (Lipinski definition) is 2. The number of benzene rings is 3. The zero-order chi connectivity index (χ0) is 33.7. The third kappa shape index (κ3) is 8.15. The molecule has 0 unspecified atom stereocenters. The van der Waals surface area contributed by atoms with Gasteiger partial charge in [0.1, 0.15) is 0 Å². The fourth-order valence-corrected chi connectivity index (χ4v) is 7.21. The number of fused-ring (bicyclic) bond motifs is 1. The van der Waals surface area contributed by atoms with E-state index in [-0.39, 0.29) is 35.3 Å². The Bertz CT molecular complexity index is 1620. The Labute approximate surface area is 274 Å². The second-order valence-electron chi connectivity index (χ2n) is 13.0. The summed E-state index contributed by atoms with van der Waals surface area (Å²) in [4.78, 5) is 36.4. The van der Waals surface area contributed by atoms with Crippen LogP contribution in [-0.4, -0.2) is 59.2 Å². The monoisotopic (exact) mass is 647 g/mol. The molecule has 1 amide bonds. The Morgan fingerprint density at radius 3 is 2.28 bits per heavy atom. The quantitative estimate of drug-likeness (QED) is 0.112. The lowest BCUT2D eigenvalue weighted by Gasteiger charge is -2.49. The van der Waals surface area contributed by atoms with Crippen molar-refractivity contribution in [2.75, 3.05) is 19.6 Å². The number of nitrogens with zero attached hydrogens (tertiary/aromatic N) is 3. The van der Waals surface area contributed by atoms with Crippen molar-refractivity contribution in [1.82, 2.24) is 9.80 Å². The van der Waals surface area contributed by atoms with Crippen LogP contribution in [0.2, 0.25) is 0 Å². The van der Waals surface area contributed by atoms with Crippen molar-refractivity contribution in [3.8, 4) is 0 Å². The van der Waals surface area contributed by atoms with Gasteiger partial charge in [-0.05, 0) is 61.1 Å². The lowest BCUT2D eigenvalue weighted by Crippen LogP contribution is -2.60. The van der Waals surface area contributed by atoms with E-state index in [0.717, 1.165) is 36.2 Å².